The van der Waals surface area contributed by atoms with Crippen LogP contribution in [0.5, 0.6) is 11.5 Å². The lowest BCUT2D eigenvalue weighted by molar-refractivity contribution is -0.113. The monoisotopic (exact) mass is 481 g/mol. The molecule has 1 aliphatic heterocycles. The van der Waals surface area contributed by atoms with Gasteiger partial charge in [-0.2, -0.15) is 0 Å². The summed E-state index contributed by atoms with van der Waals surface area (Å²) in [7, 11) is 0. The summed E-state index contributed by atoms with van der Waals surface area (Å²) >= 11 is 3.15. The molecule has 10 heteroatoms. The highest BCUT2D eigenvalue weighted by Crippen LogP contribution is 2.39. The van der Waals surface area contributed by atoms with E-state index in [0.29, 0.717) is 41.5 Å². The molecule has 0 saturated heterocycles. The van der Waals surface area contributed by atoms with Gasteiger partial charge in [0.2, 0.25) is 5.91 Å². The molecule has 2 aliphatic rings. The van der Waals surface area contributed by atoms with Crippen LogP contribution < -0.4 is 14.8 Å². The van der Waals surface area contributed by atoms with Crippen LogP contribution in [0.3, 0.4) is 0 Å². The second-order valence-corrected chi connectivity index (χ2v) is 10.6. The van der Waals surface area contributed by atoms with Crippen LogP contribution in [-0.4, -0.2) is 44.5 Å². The van der Waals surface area contributed by atoms with E-state index < -0.39 is 0 Å². The number of nitrogens with one attached hydrogen (secondary N) is 1. The van der Waals surface area contributed by atoms with Crippen molar-refractivity contribution in [3.63, 3.8) is 0 Å². The predicted octanol–water partition coefficient (Wildman–Crippen LogP) is 4.27. The molecule has 0 bridgehead atoms. The van der Waals surface area contributed by atoms with E-state index in [1.807, 2.05) is 23.5 Å². The van der Waals surface area contributed by atoms with Gasteiger partial charge in [-0.05, 0) is 49.8 Å². The minimum Gasteiger partial charge on any atom is -0.486 e. The quantitative estimate of drug-likeness (QED) is 0.435. The third kappa shape index (κ3) is 3.71. The number of anilines is 1. The van der Waals surface area contributed by atoms with Crippen LogP contribution in [0.15, 0.2) is 23.4 Å². The van der Waals surface area contributed by atoms with Crippen LogP contribution in [0.2, 0.25) is 0 Å². The number of rotatable bonds is 4. The summed E-state index contributed by atoms with van der Waals surface area (Å²) < 4.78 is 13.1. The lowest BCUT2D eigenvalue weighted by Gasteiger charge is -2.18. The first-order valence-corrected chi connectivity index (χ1v) is 12.9. The van der Waals surface area contributed by atoms with Crippen molar-refractivity contribution in [2.45, 2.75) is 38.3 Å². The minimum atomic E-state index is -0.123. The molecule has 1 atom stereocenters. The predicted molar refractivity (Wildman–Crippen MR) is 129 cm³/mol. The van der Waals surface area contributed by atoms with E-state index in [-0.39, 0.29) is 11.7 Å². The van der Waals surface area contributed by atoms with Gasteiger partial charge in [-0.15, -0.1) is 21.5 Å². The van der Waals surface area contributed by atoms with Crippen molar-refractivity contribution in [2.75, 3.05) is 24.3 Å². The molecule has 0 fully saturated rings. The van der Waals surface area contributed by atoms with Crippen LogP contribution in [0.4, 0.5) is 5.69 Å². The molecule has 0 saturated carbocycles. The van der Waals surface area contributed by atoms with Gasteiger partial charge in [0, 0.05) is 16.6 Å². The summed E-state index contributed by atoms with van der Waals surface area (Å²) in [5, 5.41) is 13.7. The summed E-state index contributed by atoms with van der Waals surface area (Å²) in [6.07, 6.45) is 3.36. The largest absolute Gasteiger partial charge is 0.486 e. The topological polar surface area (TPSA) is 90.6 Å². The lowest BCUT2D eigenvalue weighted by Crippen LogP contribution is -2.17. The van der Waals surface area contributed by atoms with Gasteiger partial charge in [-0.25, -0.2) is 4.98 Å². The van der Waals surface area contributed by atoms with E-state index in [9.17, 15) is 4.79 Å². The van der Waals surface area contributed by atoms with Gasteiger partial charge in [0.1, 0.15) is 23.9 Å². The maximum absolute atomic E-state index is 12.6. The Bertz CT molecular complexity index is 1400. The van der Waals surface area contributed by atoms with Gasteiger partial charge in [0.05, 0.1) is 11.1 Å². The minimum absolute atomic E-state index is 0.123. The van der Waals surface area contributed by atoms with E-state index in [4.69, 9.17) is 14.5 Å². The lowest BCUT2D eigenvalue weighted by atomic mass is 9.89. The van der Waals surface area contributed by atoms with Gasteiger partial charge in [-0.1, -0.05) is 18.7 Å². The molecule has 4 heterocycles. The van der Waals surface area contributed by atoms with Crippen molar-refractivity contribution in [3.05, 3.63) is 34.5 Å². The number of amides is 1. The highest BCUT2D eigenvalue weighted by Gasteiger charge is 2.25. The molecule has 1 N–H and O–H groups in total. The summed E-state index contributed by atoms with van der Waals surface area (Å²) in [4.78, 5) is 20.0. The molecule has 0 radical (unpaired) electrons. The Balaban J connectivity index is 1.23. The second kappa shape index (κ2) is 8.18. The normalized spacial score (nSPS) is 17.3. The van der Waals surface area contributed by atoms with Crippen molar-refractivity contribution < 1.29 is 14.3 Å². The number of aryl methyl sites for hydroxylation is 2. The van der Waals surface area contributed by atoms with E-state index in [0.717, 1.165) is 34.5 Å². The SMILES string of the molecule is Cc1nc2sc3c(c2c2nnc(SCC(=O)Nc4ccc5c(c4)OCCO5)n12)CC[C@@H](C)C3. The standard InChI is InChI=1S/C23H23N5O3S2/c1-12-3-5-15-18(9-12)33-22-20(15)21-26-27-23(28(21)13(2)24-22)32-11-19(29)25-14-4-6-16-17(10-14)31-8-7-30-16/h4,6,10,12H,3,5,7-9,11H2,1-2H3,(H,25,29)/t12-/m1/s1. The van der Waals surface area contributed by atoms with E-state index in [1.54, 1.807) is 17.4 Å². The number of thioether (sulfide) groups is 1. The third-order valence-corrected chi connectivity index (χ3v) is 8.17. The first-order valence-electron chi connectivity index (χ1n) is 11.0. The number of carbonyl (C=O) groups is 1. The number of hydrogen-bond acceptors (Lipinski definition) is 8. The van der Waals surface area contributed by atoms with Crippen molar-refractivity contribution in [3.8, 4) is 11.5 Å². The van der Waals surface area contributed by atoms with Gasteiger partial charge >= 0.3 is 0 Å². The average molecular weight is 482 g/mol. The summed E-state index contributed by atoms with van der Waals surface area (Å²) in [5.74, 6) is 2.98. The number of aromatic nitrogens is 4. The number of fused-ring (bicyclic) bond motifs is 6. The first kappa shape index (κ1) is 20.7. The third-order valence-electron chi connectivity index (χ3n) is 6.10. The molecule has 170 valence electrons. The van der Waals surface area contributed by atoms with E-state index in [1.165, 1.54) is 28.6 Å². The summed E-state index contributed by atoms with van der Waals surface area (Å²) in [5.41, 5.74) is 2.90. The number of benzene rings is 1. The van der Waals surface area contributed by atoms with Crippen LogP contribution in [0.1, 0.15) is 29.6 Å². The molecule has 0 unspecified atom stereocenters. The number of nitrogens with zero attached hydrogens (tertiary/aromatic N) is 4. The first-order chi connectivity index (χ1) is 16.1. The van der Waals surface area contributed by atoms with Gasteiger partial charge in [0.25, 0.3) is 0 Å². The fourth-order valence-corrected chi connectivity index (χ4v) is 6.71. The molecule has 8 nitrogen and oxygen atoms in total. The number of ether oxygens (including phenoxy) is 2. The molecule has 0 spiro atoms. The maximum atomic E-state index is 12.6. The zero-order chi connectivity index (χ0) is 22.5. The zero-order valence-electron chi connectivity index (χ0n) is 18.4. The average Bonchev–Trinajstić information content (AvgIpc) is 3.38. The van der Waals surface area contributed by atoms with Crippen molar-refractivity contribution >= 4 is 50.6 Å². The Morgan fingerprint density at radius 2 is 2.12 bits per heavy atom. The van der Waals surface area contributed by atoms with Crippen LogP contribution in [0, 0.1) is 12.8 Å². The number of carbonyl (C=O) groups excluding carboxylic acids is 1. The molecule has 6 rings (SSSR count). The Hall–Kier alpha value is -2.85. The number of hydrogen-bond donors (Lipinski definition) is 1. The van der Waals surface area contributed by atoms with Gasteiger partial charge < -0.3 is 14.8 Å². The molecule has 4 aromatic rings. The van der Waals surface area contributed by atoms with Crippen LogP contribution in [-0.2, 0) is 17.6 Å². The molecule has 33 heavy (non-hydrogen) atoms. The summed E-state index contributed by atoms with van der Waals surface area (Å²) in [6, 6.07) is 5.41. The zero-order valence-corrected chi connectivity index (χ0v) is 20.0. The Kier molecular flexibility index (Phi) is 5.14. The molecule has 1 aliphatic carbocycles. The Labute approximate surface area is 198 Å². The van der Waals surface area contributed by atoms with Crippen molar-refractivity contribution in [2.24, 2.45) is 5.92 Å². The molecule has 1 amide bonds. The van der Waals surface area contributed by atoms with Crippen molar-refractivity contribution in [1.29, 1.82) is 0 Å². The van der Waals surface area contributed by atoms with Crippen LogP contribution >= 0.6 is 23.1 Å². The highest BCUT2D eigenvalue weighted by atomic mass is 32.2. The van der Waals surface area contributed by atoms with E-state index >= 15 is 0 Å². The fourth-order valence-electron chi connectivity index (χ4n) is 4.51. The smallest absolute Gasteiger partial charge is 0.234 e. The summed E-state index contributed by atoms with van der Waals surface area (Å²) in [6.45, 7) is 5.32. The van der Waals surface area contributed by atoms with Gasteiger partial charge in [0.15, 0.2) is 22.3 Å². The van der Waals surface area contributed by atoms with Crippen molar-refractivity contribution in [1.82, 2.24) is 19.6 Å². The number of thiophene rings is 1. The molecular weight excluding hydrogens is 458 g/mol. The molecule has 1 aromatic carbocycles. The fraction of sp³-hybridized carbons (Fsp3) is 0.391. The Morgan fingerprint density at radius 1 is 1.27 bits per heavy atom. The molecular formula is C23H23N5O3S2. The maximum Gasteiger partial charge on any atom is 0.234 e. The van der Waals surface area contributed by atoms with Crippen LogP contribution in [0.25, 0.3) is 15.9 Å². The van der Waals surface area contributed by atoms with E-state index in [2.05, 4.69) is 22.4 Å². The van der Waals surface area contributed by atoms with Gasteiger partial charge in [-0.3, -0.25) is 9.20 Å². The molecule has 3 aromatic heterocycles. The highest BCUT2D eigenvalue weighted by molar-refractivity contribution is 7.99. The Morgan fingerprint density at radius 3 is 3.00 bits per heavy atom. The second-order valence-electron chi connectivity index (χ2n) is 8.53.